The summed E-state index contributed by atoms with van der Waals surface area (Å²) in [5.41, 5.74) is 1.30. The minimum Gasteiger partial charge on any atom is -0.353 e. The van der Waals surface area contributed by atoms with Crippen molar-refractivity contribution in [1.82, 2.24) is 10.2 Å². The van der Waals surface area contributed by atoms with Gasteiger partial charge in [0.2, 0.25) is 21.8 Å². The number of aryl methyl sites for hydroxylation is 1. The van der Waals surface area contributed by atoms with Gasteiger partial charge in [0.05, 0.1) is 17.9 Å². The lowest BCUT2D eigenvalue weighted by Gasteiger charge is -2.35. The Morgan fingerprint density at radius 1 is 1.10 bits per heavy atom. The molecule has 166 valence electrons. The maximum absolute atomic E-state index is 13.0. The molecule has 8 heteroatoms. The monoisotopic (exact) mass is 435 g/mol. The summed E-state index contributed by atoms with van der Waals surface area (Å²) < 4.78 is 25.9. The molecule has 2 fully saturated rings. The molecule has 1 aliphatic carbocycles. The molecule has 1 saturated heterocycles. The third-order valence-electron chi connectivity index (χ3n) is 6.16. The van der Waals surface area contributed by atoms with Crippen LogP contribution in [0.4, 0.5) is 5.69 Å². The van der Waals surface area contributed by atoms with Crippen molar-refractivity contribution in [1.29, 1.82) is 0 Å². The van der Waals surface area contributed by atoms with Gasteiger partial charge in [-0.25, -0.2) is 8.42 Å². The Labute approximate surface area is 179 Å². The van der Waals surface area contributed by atoms with E-state index < -0.39 is 10.0 Å². The van der Waals surface area contributed by atoms with Gasteiger partial charge in [0.15, 0.2) is 0 Å². The number of benzene rings is 1. The summed E-state index contributed by atoms with van der Waals surface area (Å²) in [4.78, 5) is 27.4. The average molecular weight is 436 g/mol. The SMILES string of the molecule is Cc1ccccc1N(CC(=O)N1CCCC(C(=O)NC2CCCCC2)C1)S(C)(=O)=O. The standard InChI is InChI=1S/C22H33N3O4S/c1-17-9-6-7-13-20(17)25(30(2,28)29)16-21(26)24-14-8-10-18(15-24)22(27)23-19-11-4-3-5-12-19/h6-7,9,13,18-19H,3-5,8,10-12,14-16H2,1-2H3,(H,23,27). The molecule has 1 aromatic rings. The Balaban J connectivity index is 1.65. The summed E-state index contributed by atoms with van der Waals surface area (Å²) in [5, 5.41) is 3.16. The Bertz CT molecular complexity index is 865. The number of piperidine rings is 1. The number of hydrogen-bond acceptors (Lipinski definition) is 4. The molecule has 30 heavy (non-hydrogen) atoms. The van der Waals surface area contributed by atoms with E-state index in [1.165, 1.54) is 6.42 Å². The van der Waals surface area contributed by atoms with Gasteiger partial charge in [-0.3, -0.25) is 13.9 Å². The third-order valence-corrected chi connectivity index (χ3v) is 7.29. The topological polar surface area (TPSA) is 86.8 Å². The van der Waals surface area contributed by atoms with Crippen molar-refractivity contribution in [2.45, 2.75) is 57.9 Å². The van der Waals surface area contributed by atoms with Crippen LogP contribution in [-0.2, 0) is 19.6 Å². The fourth-order valence-corrected chi connectivity index (χ4v) is 5.34. The number of amides is 2. The van der Waals surface area contributed by atoms with Crippen LogP contribution in [0.25, 0.3) is 0 Å². The van der Waals surface area contributed by atoms with Gasteiger partial charge in [-0.05, 0) is 44.2 Å². The molecular formula is C22H33N3O4S. The molecule has 0 aromatic heterocycles. The van der Waals surface area contributed by atoms with Crippen molar-refractivity contribution in [2.75, 3.05) is 30.2 Å². The summed E-state index contributed by atoms with van der Waals surface area (Å²) in [6.07, 6.45) is 8.22. The number of hydrogen-bond donors (Lipinski definition) is 1. The Kier molecular flexibility index (Phi) is 7.39. The van der Waals surface area contributed by atoms with Gasteiger partial charge in [0, 0.05) is 19.1 Å². The van der Waals surface area contributed by atoms with E-state index in [1.54, 1.807) is 17.0 Å². The number of anilines is 1. The zero-order valence-corrected chi connectivity index (χ0v) is 18.8. The number of carbonyl (C=O) groups excluding carboxylic acids is 2. The zero-order valence-electron chi connectivity index (χ0n) is 18.0. The normalized spacial score (nSPS) is 20.6. The number of sulfonamides is 1. The smallest absolute Gasteiger partial charge is 0.243 e. The average Bonchev–Trinajstić information content (AvgIpc) is 2.72. The predicted molar refractivity (Wildman–Crippen MR) is 118 cm³/mol. The van der Waals surface area contributed by atoms with Gasteiger partial charge < -0.3 is 10.2 Å². The Hall–Kier alpha value is -2.09. The molecule has 1 N–H and O–H groups in total. The molecule has 2 amide bonds. The van der Waals surface area contributed by atoms with Crippen molar-refractivity contribution < 1.29 is 18.0 Å². The van der Waals surface area contributed by atoms with Crippen molar-refractivity contribution in [3.63, 3.8) is 0 Å². The first kappa shape index (κ1) is 22.6. The lowest BCUT2D eigenvalue weighted by molar-refractivity contribution is -0.134. The van der Waals surface area contributed by atoms with Crippen LogP contribution in [0.1, 0.15) is 50.5 Å². The highest BCUT2D eigenvalue weighted by molar-refractivity contribution is 7.92. The van der Waals surface area contributed by atoms with E-state index in [9.17, 15) is 18.0 Å². The molecule has 1 atom stereocenters. The number of rotatable bonds is 6. The predicted octanol–water partition coefficient (Wildman–Crippen LogP) is 2.45. The first-order chi connectivity index (χ1) is 14.3. The number of para-hydroxylation sites is 1. The van der Waals surface area contributed by atoms with E-state index in [0.29, 0.717) is 18.8 Å². The molecule has 1 unspecified atom stereocenters. The van der Waals surface area contributed by atoms with Crippen LogP contribution in [0.2, 0.25) is 0 Å². The van der Waals surface area contributed by atoms with Gasteiger partial charge in [-0.2, -0.15) is 0 Å². The molecule has 1 aromatic carbocycles. The minimum absolute atomic E-state index is 0.0262. The van der Waals surface area contributed by atoms with E-state index in [4.69, 9.17) is 0 Å². The van der Waals surface area contributed by atoms with Crippen LogP contribution < -0.4 is 9.62 Å². The maximum atomic E-state index is 13.0. The van der Waals surface area contributed by atoms with Gasteiger partial charge in [0.25, 0.3) is 0 Å². The fourth-order valence-electron chi connectivity index (χ4n) is 4.43. The van der Waals surface area contributed by atoms with Crippen molar-refractivity contribution in [3.05, 3.63) is 29.8 Å². The van der Waals surface area contributed by atoms with Crippen LogP contribution >= 0.6 is 0 Å². The van der Waals surface area contributed by atoms with Crippen LogP contribution in [0.5, 0.6) is 0 Å². The molecule has 2 aliphatic rings. The first-order valence-corrected chi connectivity index (χ1v) is 12.7. The zero-order chi connectivity index (χ0) is 21.7. The van der Waals surface area contributed by atoms with Crippen molar-refractivity contribution in [3.8, 4) is 0 Å². The number of nitrogens with zero attached hydrogens (tertiary/aromatic N) is 2. The lowest BCUT2D eigenvalue weighted by atomic mass is 9.93. The van der Waals surface area contributed by atoms with Gasteiger partial charge in [0.1, 0.15) is 6.54 Å². The van der Waals surface area contributed by atoms with Crippen LogP contribution in [0.15, 0.2) is 24.3 Å². The molecule has 3 rings (SSSR count). The van der Waals surface area contributed by atoms with E-state index in [-0.39, 0.29) is 30.3 Å². The van der Waals surface area contributed by atoms with E-state index in [0.717, 1.165) is 54.6 Å². The van der Waals surface area contributed by atoms with Crippen molar-refractivity contribution >= 4 is 27.5 Å². The second kappa shape index (κ2) is 9.81. The van der Waals surface area contributed by atoms with Crippen LogP contribution in [0.3, 0.4) is 0 Å². The quantitative estimate of drug-likeness (QED) is 0.744. The first-order valence-electron chi connectivity index (χ1n) is 10.9. The summed E-state index contributed by atoms with van der Waals surface area (Å²) in [6.45, 7) is 2.48. The largest absolute Gasteiger partial charge is 0.353 e. The van der Waals surface area contributed by atoms with E-state index >= 15 is 0 Å². The fraction of sp³-hybridized carbons (Fsp3) is 0.636. The molecule has 0 radical (unpaired) electrons. The number of carbonyl (C=O) groups is 2. The molecule has 1 heterocycles. The minimum atomic E-state index is -3.62. The van der Waals surface area contributed by atoms with Crippen LogP contribution in [0, 0.1) is 12.8 Å². The number of likely N-dealkylation sites (tertiary alicyclic amines) is 1. The molecular weight excluding hydrogens is 402 g/mol. The van der Waals surface area contributed by atoms with E-state index in [2.05, 4.69) is 5.32 Å². The number of nitrogens with one attached hydrogen (secondary N) is 1. The summed E-state index contributed by atoms with van der Waals surface area (Å²) in [5.74, 6) is -0.466. The maximum Gasteiger partial charge on any atom is 0.243 e. The highest BCUT2D eigenvalue weighted by Crippen LogP contribution is 2.24. The summed E-state index contributed by atoms with van der Waals surface area (Å²) in [7, 11) is -3.62. The molecule has 0 bridgehead atoms. The summed E-state index contributed by atoms with van der Waals surface area (Å²) >= 11 is 0. The Morgan fingerprint density at radius 2 is 1.80 bits per heavy atom. The Morgan fingerprint density at radius 3 is 2.47 bits per heavy atom. The second-order valence-corrected chi connectivity index (χ2v) is 10.5. The second-order valence-electron chi connectivity index (χ2n) is 8.58. The van der Waals surface area contributed by atoms with Gasteiger partial charge >= 0.3 is 0 Å². The molecule has 1 saturated carbocycles. The van der Waals surface area contributed by atoms with Gasteiger partial charge in [-0.15, -0.1) is 0 Å². The van der Waals surface area contributed by atoms with E-state index in [1.807, 2.05) is 19.1 Å². The van der Waals surface area contributed by atoms with Crippen LogP contribution in [-0.4, -0.2) is 57.1 Å². The van der Waals surface area contributed by atoms with Gasteiger partial charge in [-0.1, -0.05) is 37.5 Å². The van der Waals surface area contributed by atoms with Crippen molar-refractivity contribution in [2.24, 2.45) is 5.92 Å². The summed E-state index contributed by atoms with van der Waals surface area (Å²) in [6, 6.07) is 7.38. The molecule has 1 aliphatic heterocycles. The lowest BCUT2D eigenvalue weighted by Crippen LogP contribution is -2.50. The highest BCUT2D eigenvalue weighted by atomic mass is 32.2. The third kappa shape index (κ3) is 5.74. The highest BCUT2D eigenvalue weighted by Gasteiger charge is 2.32. The molecule has 7 nitrogen and oxygen atoms in total. The molecule has 0 spiro atoms.